The van der Waals surface area contributed by atoms with Gasteiger partial charge in [-0.25, -0.2) is 4.98 Å². The van der Waals surface area contributed by atoms with E-state index in [1.54, 1.807) is 17.4 Å². The van der Waals surface area contributed by atoms with Gasteiger partial charge in [0.2, 0.25) is 0 Å². The lowest BCUT2D eigenvalue weighted by molar-refractivity contribution is 1.18. The molecule has 6 aromatic rings. The fraction of sp³-hybridized carbons (Fsp3) is 0.0625. The van der Waals surface area contributed by atoms with Gasteiger partial charge in [0.05, 0.1) is 11.0 Å². The second kappa shape index (κ2) is 7.52. The highest BCUT2D eigenvalue weighted by Crippen LogP contribution is 2.38. The number of benzene rings is 4. The first-order chi connectivity index (χ1) is 17.6. The van der Waals surface area contributed by atoms with Crippen LogP contribution in [0.3, 0.4) is 0 Å². The molecular weight excluding hydrogens is 454 g/mol. The van der Waals surface area contributed by atoms with Gasteiger partial charge in [-0.1, -0.05) is 73.8 Å². The zero-order valence-corrected chi connectivity index (χ0v) is 21.2. The maximum Gasteiger partial charge on any atom is 0.140 e. The Balaban J connectivity index is 1.52. The zero-order chi connectivity index (χ0) is 24.4. The molecule has 3 heterocycles. The van der Waals surface area contributed by atoms with Crippen LogP contribution >= 0.6 is 0 Å². The molecule has 0 saturated carbocycles. The molecule has 0 unspecified atom stereocenters. The number of nitriles is 1. The molecule has 36 heavy (non-hydrogen) atoms. The van der Waals surface area contributed by atoms with Crippen molar-refractivity contribution in [2.75, 3.05) is 0 Å². The number of nitrogens with zero attached hydrogens (tertiary/aromatic N) is 3. The molecule has 1 aliphatic rings. The van der Waals surface area contributed by atoms with Gasteiger partial charge >= 0.3 is 0 Å². The van der Waals surface area contributed by atoms with E-state index in [0.717, 1.165) is 16.8 Å². The molecule has 3 nitrogen and oxygen atoms in total. The standard InChI is InChI=1S/C32H23N3Si/c1-36(2)30-13-6-4-10-25(30)26-16-17-29-31(32(26)36)27-11-3-5-12-28(27)35(29)24-9-7-8-21(18-24)22-14-15-23(19-33)34-20-22/h3-18,20H,1-2H3. The monoisotopic (exact) mass is 477 g/mol. The van der Waals surface area contributed by atoms with Crippen molar-refractivity contribution in [1.82, 2.24) is 9.55 Å². The van der Waals surface area contributed by atoms with Crippen molar-refractivity contribution in [3.05, 3.63) is 109 Å². The fourth-order valence-electron chi connectivity index (χ4n) is 6.07. The SMILES string of the molecule is C[Si]1(C)c2ccccc2-c2ccc3c(c21)c1ccccc1n3-c1cccc(-c2ccc(C#N)nc2)c1. The molecular formula is C32H23N3Si. The van der Waals surface area contributed by atoms with E-state index in [1.165, 1.54) is 38.1 Å². The third-order valence-corrected chi connectivity index (χ3v) is 11.2. The zero-order valence-electron chi connectivity index (χ0n) is 20.2. The molecule has 7 rings (SSSR count). The largest absolute Gasteiger partial charge is 0.309 e. The van der Waals surface area contributed by atoms with Crippen LogP contribution in [0.1, 0.15) is 5.69 Å². The topological polar surface area (TPSA) is 41.6 Å². The van der Waals surface area contributed by atoms with Crippen molar-refractivity contribution in [3.8, 4) is 34.0 Å². The summed E-state index contributed by atoms with van der Waals surface area (Å²) in [5.74, 6) is 0. The van der Waals surface area contributed by atoms with Crippen molar-refractivity contribution >= 4 is 40.3 Å². The lowest BCUT2D eigenvalue weighted by atomic mass is 10.0. The van der Waals surface area contributed by atoms with Gasteiger partial charge in [-0.15, -0.1) is 0 Å². The minimum Gasteiger partial charge on any atom is -0.309 e. The molecule has 0 spiro atoms. The van der Waals surface area contributed by atoms with Crippen molar-refractivity contribution < 1.29 is 0 Å². The van der Waals surface area contributed by atoms with Crippen LogP contribution in [0.25, 0.3) is 49.7 Å². The van der Waals surface area contributed by atoms with Crippen molar-refractivity contribution in [2.45, 2.75) is 13.1 Å². The number of hydrogen-bond acceptors (Lipinski definition) is 2. The lowest BCUT2D eigenvalue weighted by Crippen LogP contribution is -2.49. The Morgan fingerprint density at radius 2 is 1.58 bits per heavy atom. The number of hydrogen-bond donors (Lipinski definition) is 0. The van der Waals surface area contributed by atoms with Gasteiger partial charge in [0.25, 0.3) is 0 Å². The summed E-state index contributed by atoms with van der Waals surface area (Å²) < 4.78 is 2.40. The third-order valence-electron chi connectivity index (χ3n) is 7.67. The van der Waals surface area contributed by atoms with E-state index in [4.69, 9.17) is 5.26 Å². The molecule has 170 valence electrons. The smallest absolute Gasteiger partial charge is 0.140 e. The summed E-state index contributed by atoms with van der Waals surface area (Å²) in [6.07, 6.45) is 1.78. The molecule has 0 aliphatic carbocycles. The third kappa shape index (κ3) is 2.81. The van der Waals surface area contributed by atoms with Gasteiger partial charge in [-0.05, 0) is 63.5 Å². The Labute approximate surface area is 210 Å². The van der Waals surface area contributed by atoms with E-state index in [-0.39, 0.29) is 0 Å². The first kappa shape index (κ1) is 20.9. The van der Waals surface area contributed by atoms with Gasteiger partial charge in [0.15, 0.2) is 0 Å². The highest BCUT2D eigenvalue weighted by molar-refractivity contribution is 7.05. The lowest BCUT2D eigenvalue weighted by Gasteiger charge is -2.20. The second-order valence-electron chi connectivity index (χ2n) is 10.00. The predicted octanol–water partition coefficient (Wildman–Crippen LogP) is 6.52. The van der Waals surface area contributed by atoms with Crippen molar-refractivity contribution in [3.63, 3.8) is 0 Å². The molecule has 0 amide bonds. The molecule has 0 bridgehead atoms. The van der Waals surface area contributed by atoms with Crippen molar-refractivity contribution in [1.29, 1.82) is 5.26 Å². The van der Waals surface area contributed by atoms with Gasteiger partial charge in [-0.3, -0.25) is 0 Å². The Morgan fingerprint density at radius 3 is 2.42 bits per heavy atom. The number of rotatable bonds is 2. The van der Waals surface area contributed by atoms with E-state index in [2.05, 4.69) is 114 Å². The molecule has 0 N–H and O–H groups in total. The summed E-state index contributed by atoms with van der Waals surface area (Å²) in [7, 11) is -1.87. The first-order valence-corrected chi connectivity index (χ1v) is 15.2. The number of pyridine rings is 1. The molecule has 0 saturated heterocycles. The Hall–Kier alpha value is -4.46. The molecule has 0 radical (unpaired) electrons. The van der Waals surface area contributed by atoms with Gasteiger partial charge in [0.1, 0.15) is 19.8 Å². The first-order valence-electron chi connectivity index (χ1n) is 12.2. The molecule has 0 atom stereocenters. The summed E-state index contributed by atoms with van der Waals surface area (Å²) in [5, 5.41) is 14.9. The van der Waals surface area contributed by atoms with E-state index >= 15 is 0 Å². The van der Waals surface area contributed by atoms with E-state index in [9.17, 15) is 0 Å². The normalized spacial score (nSPS) is 13.5. The molecule has 1 aliphatic heterocycles. The molecule has 2 aromatic heterocycles. The Bertz CT molecular complexity index is 1870. The van der Waals surface area contributed by atoms with Crippen LogP contribution in [0.15, 0.2) is 103 Å². The van der Waals surface area contributed by atoms with Crippen LogP contribution in [0.5, 0.6) is 0 Å². The summed E-state index contributed by atoms with van der Waals surface area (Å²) >= 11 is 0. The van der Waals surface area contributed by atoms with Gasteiger partial charge < -0.3 is 4.57 Å². The average Bonchev–Trinajstić information content (AvgIpc) is 3.38. The summed E-state index contributed by atoms with van der Waals surface area (Å²) in [6.45, 7) is 4.98. The maximum absolute atomic E-state index is 9.12. The summed E-state index contributed by atoms with van der Waals surface area (Å²) in [4.78, 5) is 4.28. The second-order valence-corrected chi connectivity index (χ2v) is 14.3. The van der Waals surface area contributed by atoms with Crippen LogP contribution in [0.4, 0.5) is 0 Å². The van der Waals surface area contributed by atoms with Crippen LogP contribution in [-0.4, -0.2) is 17.6 Å². The predicted molar refractivity (Wildman–Crippen MR) is 151 cm³/mol. The highest BCUT2D eigenvalue weighted by Gasteiger charge is 2.39. The van der Waals surface area contributed by atoms with Gasteiger partial charge in [0, 0.05) is 28.2 Å². The average molecular weight is 478 g/mol. The molecule has 4 aromatic carbocycles. The number of para-hydroxylation sites is 1. The van der Waals surface area contributed by atoms with E-state index in [0.29, 0.717) is 5.69 Å². The summed E-state index contributed by atoms with van der Waals surface area (Å²) in [6, 6.07) is 36.8. The van der Waals surface area contributed by atoms with Crippen LogP contribution < -0.4 is 10.4 Å². The quantitative estimate of drug-likeness (QED) is 0.266. The number of aromatic nitrogens is 2. The van der Waals surface area contributed by atoms with Crippen LogP contribution in [0, 0.1) is 11.3 Å². The minimum absolute atomic E-state index is 0.430. The molecule has 4 heteroatoms. The Morgan fingerprint density at radius 1 is 0.750 bits per heavy atom. The van der Waals surface area contributed by atoms with E-state index in [1.807, 2.05) is 6.07 Å². The summed E-state index contributed by atoms with van der Waals surface area (Å²) in [5.41, 5.74) is 8.90. The van der Waals surface area contributed by atoms with E-state index < -0.39 is 8.07 Å². The van der Waals surface area contributed by atoms with Crippen LogP contribution in [0.2, 0.25) is 13.1 Å². The Kier molecular flexibility index (Phi) is 4.36. The maximum atomic E-state index is 9.12. The fourth-order valence-corrected chi connectivity index (χ4v) is 9.52. The molecule has 0 fully saturated rings. The van der Waals surface area contributed by atoms with Crippen LogP contribution in [-0.2, 0) is 0 Å². The number of fused-ring (bicyclic) bond motifs is 7. The van der Waals surface area contributed by atoms with Gasteiger partial charge in [-0.2, -0.15) is 5.26 Å². The highest BCUT2D eigenvalue weighted by atomic mass is 28.3. The minimum atomic E-state index is -1.87. The van der Waals surface area contributed by atoms with Crippen molar-refractivity contribution in [2.24, 2.45) is 0 Å².